The number of hydrogen-bond acceptors (Lipinski definition) is 7. The van der Waals surface area contributed by atoms with Crippen LogP contribution >= 0.6 is 0 Å². The predicted octanol–water partition coefficient (Wildman–Crippen LogP) is 3.24. The Balaban J connectivity index is 1.77. The van der Waals surface area contributed by atoms with E-state index < -0.39 is 47.6 Å². The highest BCUT2D eigenvalue weighted by Crippen LogP contribution is 2.35. The molecule has 1 amide bonds. The number of rotatable bonds is 12. The maximum Gasteiger partial charge on any atom is 0.422 e. The second-order valence-corrected chi connectivity index (χ2v) is 11.0. The summed E-state index contributed by atoms with van der Waals surface area (Å²) in [6.45, 7) is 1.71. The summed E-state index contributed by atoms with van der Waals surface area (Å²) in [5.74, 6) is 0.512. The summed E-state index contributed by atoms with van der Waals surface area (Å²) in [5.41, 5.74) is 0.483. The maximum absolute atomic E-state index is 13.5. The summed E-state index contributed by atoms with van der Waals surface area (Å²) in [6.07, 6.45) is -7.46. The Hall–Kier alpha value is -3.23. The van der Waals surface area contributed by atoms with Crippen LogP contribution in [0.1, 0.15) is 19.4 Å². The highest BCUT2D eigenvalue weighted by molar-refractivity contribution is 7.89. The fourth-order valence-corrected chi connectivity index (χ4v) is 5.42. The van der Waals surface area contributed by atoms with E-state index in [1.54, 1.807) is 13.8 Å². The summed E-state index contributed by atoms with van der Waals surface area (Å²) >= 11 is 0. The predicted molar refractivity (Wildman–Crippen MR) is 129 cm³/mol. The van der Waals surface area contributed by atoms with Crippen molar-refractivity contribution in [1.29, 1.82) is 0 Å². The Morgan fingerprint density at radius 3 is 2.37 bits per heavy atom. The molecular weight excluding hydrogens is 533 g/mol. The van der Waals surface area contributed by atoms with Crippen LogP contribution in [0.15, 0.2) is 47.4 Å². The van der Waals surface area contributed by atoms with Crippen molar-refractivity contribution in [3.63, 3.8) is 0 Å². The Labute approximate surface area is 218 Å². The lowest BCUT2D eigenvalue weighted by Gasteiger charge is -2.30. The fourth-order valence-electron chi connectivity index (χ4n) is 3.78. The van der Waals surface area contributed by atoms with Gasteiger partial charge >= 0.3 is 12.3 Å². The van der Waals surface area contributed by atoms with E-state index in [-0.39, 0.29) is 42.1 Å². The minimum Gasteiger partial charge on any atom is -0.484 e. The summed E-state index contributed by atoms with van der Waals surface area (Å²) < 4.78 is 80.2. The molecule has 0 unspecified atom stereocenters. The van der Waals surface area contributed by atoms with E-state index in [1.807, 2.05) is 0 Å². The first-order valence-corrected chi connectivity index (χ1v) is 13.0. The Kier molecular flexibility index (Phi) is 9.33. The third-order valence-electron chi connectivity index (χ3n) is 5.50. The van der Waals surface area contributed by atoms with Gasteiger partial charge in [0.2, 0.25) is 16.8 Å². The van der Waals surface area contributed by atoms with E-state index in [1.165, 1.54) is 42.5 Å². The minimum absolute atomic E-state index is 0.0349. The highest BCUT2D eigenvalue weighted by Gasteiger charge is 2.32. The number of halogens is 3. The lowest BCUT2D eigenvalue weighted by atomic mass is 10.0. The first kappa shape index (κ1) is 29.3. The van der Waals surface area contributed by atoms with Crippen molar-refractivity contribution in [2.24, 2.45) is 5.92 Å². The molecule has 0 saturated heterocycles. The van der Waals surface area contributed by atoms with Gasteiger partial charge in [0.1, 0.15) is 5.75 Å². The van der Waals surface area contributed by atoms with Crippen LogP contribution in [-0.4, -0.2) is 73.8 Å². The van der Waals surface area contributed by atoms with Gasteiger partial charge in [0.05, 0.1) is 17.0 Å². The molecular formula is C24H29F3N2O8S. The van der Waals surface area contributed by atoms with Crippen LogP contribution in [0.2, 0.25) is 0 Å². The molecule has 2 aromatic carbocycles. The van der Waals surface area contributed by atoms with Crippen LogP contribution in [0.25, 0.3) is 0 Å². The van der Waals surface area contributed by atoms with Crippen molar-refractivity contribution >= 4 is 16.1 Å². The van der Waals surface area contributed by atoms with Gasteiger partial charge in [0.15, 0.2) is 18.1 Å². The number of alkyl halides is 3. The summed E-state index contributed by atoms with van der Waals surface area (Å²) in [4.78, 5) is 11.3. The van der Waals surface area contributed by atoms with Crippen LogP contribution in [-0.2, 0) is 16.4 Å². The van der Waals surface area contributed by atoms with Crippen molar-refractivity contribution in [3.8, 4) is 17.2 Å². The zero-order valence-electron chi connectivity index (χ0n) is 20.6. The van der Waals surface area contributed by atoms with Gasteiger partial charge in [-0.3, -0.25) is 0 Å². The number of fused-ring (bicyclic) bond motifs is 1. The third kappa shape index (κ3) is 8.13. The summed E-state index contributed by atoms with van der Waals surface area (Å²) in [5, 5.41) is 22.5. The minimum atomic E-state index is -4.50. The van der Waals surface area contributed by atoms with E-state index in [0.717, 1.165) is 4.31 Å². The molecule has 210 valence electrons. The topological polar surface area (TPSA) is 135 Å². The lowest BCUT2D eigenvalue weighted by Crippen LogP contribution is -2.50. The molecule has 38 heavy (non-hydrogen) atoms. The highest BCUT2D eigenvalue weighted by atomic mass is 32.2. The molecule has 0 spiro atoms. The quantitative estimate of drug-likeness (QED) is 0.359. The zero-order chi connectivity index (χ0) is 28.1. The van der Waals surface area contributed by atoms with E-state index in [9.17, 15) is 36.6 Å². The fraction of sp³-hybridized carbons (Fsp3) is 0.458. The number of nitrogens with one attached hydrogen (secondary N) is 1. The van der Waals surface area contributed by atoms with Gasteiger partial charge in [-0.1, -0.05) is 26.0 Å². The van der Waals surface area contributed by atoms with Crippen LogP contribution in [0.5, 0.6) is 17.2 Å². The van der Waals surface area contributed by atoms with Gasteiger partial charge in [-0.05, 0) is 42.2 Å². The van der Waals surface area contributed by atoms with Crippen molar-refractivity contribution < 1.29 is 50.8 Å². The number of aliphatic hydroxyl groups excluding tert-OH is 1. The molecule has 10 nitrogen and oxygen atoms in total. The van der Waals surface area contributed by atoms with Crippen molar-refractivity contribution in [2.45, 2.75) is 43.5 Å². The molecule has 0 bridgehead atoms. The molecule has 1 aliphatic rings. The summed E-state index contributed by atoms with van der Waals surface area (Å²) in [7, 11) is -4.12. The van der Waals surface area contributed by atoms with Crippen LogP contribution < -0.4 is 19.5 Å². The number of sulfonamides is 1. The van der Waals surface area contributed by atoms with Crippen LogP contribution in [0, 0.1) is 5.92 Å². The molecule has 0 aliphatic carbocycles. The summed E-state index contributed by atoms with van der Waals surface area (Å²) in [6, 6.07) is 8.48. The zero-order valence-corrected chi connectivity index (χ0v) is 21.5. The second-order valence-electron chi connectivity index (χ2n) is 9.11. The van der Waals surface area contributed by atoms with E-state index in [4.69, 9.17) is 9.47 Å². The molecule has 0 saturated carbocycles. The first-order chi connectivity index (χ1) is 17.7. The van der Waals surface area contributed by atoms with Crippen molar-refractivity contribution in [1.82, 2.24) is 9.62 Å². The Bertz CT molecular complexity index is 1210. The number of hydrogen-bond donors (Lipinski definition) is 3. The molecule has 3 rings (SSSR count). The SMILES string of the molecule is CC(C)CN(C[C@@H](O)[C@H](Cc1ccc(OCC(F)(F)F)cc1)NC(=O)O)S(=O)(=O)c1ccc2c(c1)OCO2. The van der Waals surface area contributed by atoms with Crippen LogP contribution in [0.3, 0.4) is 0 Å². The van der Waals surface area contributed by atoms with E-state index in [0.29, 0.717) is 11.3 Å². The van der Waals surface area contributed by atoms with Crippen molar-refractivity contribution in [3.05, 3.63) is 48.0 Å². The van der Waals surface area contributed by atoms with E-state index >= 15 is 0 Å². The number of carbonyl (C=O) groups is 1. The van der Waals surface area contributed by atoms with Crippen LogP contribution in [0.4, 0.5) is 18.0 Å². The number of benzene rings is 2. The maximum atomic E-state index is 13.5. The van der Waals surface area contributed by atoms with Gasteiger partial charge in [-0.15, -0.1) is 0 Å². The number of carboxylic acid groups (broad SMARTS) is 1. The average Bonchev–Trinajstić information content (AvgIpc) is 3.29. The molecule has 0 fully saturated rings. The van der Waals surface area contributed by atoms with E-state index in [2.05, 4.69) is 10.1 Å². The molecule has 14 heteroatoms. The van der Waals surface area contributed by atoms with Gasteiger partial charge < -0.3 is 29.7 Å². The molecule has 0 aromatic heterocycles. The average molecular weight is 563 g/mol. The van der Waals surface area contributed by atoms with Gasteiger partial charge in [0, 0.05) is 19.2 Å². The molecule has 2 atom stereocenters. The molecule has 0 radical (unpaired) electrons. The van der Waals surface area contributed by atoms with Gasteiger partial charge in [-0.2, -0.15) is 17.5 Å². The third-order valence-corrected chi connectivity index (χ3v) is 7.32. The number of amides is 1. The molecule has 1 heterocycles. The molecule has 1 aliphatic heterocycles. The van der Waals surface area contributed by atoms with Gasteiger partial charge in [0.25, 0.3) is 0 Å². The normalized spacial score (nSPS) is 14.9. The standard InChI is InChI=1S/C24H29F3N2O8S/c1-15(2)11-29(38(33,34)18-7-8-21-22(10-18)37-14-36-21)12-20(30)19(28-23(31)32)9-16-3-5-17(6-4-16)35-13-24(25,26)27/h3-8,10,15,19-20,28,30H,9,11-14H2,1-2H3,(H,31,32)/t19-,20+/m0/s1. The largest absolute Gasteiger partial charge is 0.484 e. The first-order valence-electron chi connectivity index (χ1n) is 11.6. The van der Waals surface area contributed by atoms with Gasteiger partial charge in [-0.25, -0.2) is 13.2 Å². The Morgan fingerprint density at radius 1 is 1.11 bits per heavy atom. The second kappa shape index (κ2) is 12.1. The Morgan fingerprint density at radius 2 is 1.76 bits per heavy atom. The number of aliphatic hydroxyl groups is 1. The monoisotopic (exact) mass is 562 g/mol. The molecule has 3 N–H and O–H groups in total. The smallest absolute Gasteiger partial charge is 0.422 e. The number of ether oxygens (including phenoxy) is 3. The molecule has 2 aromatic rings. The van der Waals surface area contributed by atoms with Crippen molar-refractivity contribution in [2.75, 3.05) is 26.5 Å². The number of nitrogens with zero attached hydrogens (tertiary/aromatic N) is 1. The lowest BCUT2D eigenvalue weighted by molar-refractivity contribution is -0.153.